The summed E-state index contributed by atoms with van der Waals surface area (Å²) < 4.78 is 2.49. The molecule has 0 saturated carbocycles. The molecule has 300 valence electrons. The third-order valence-corrected chi connectivity index (χ3v) is 13.9. The first-order chi connectivity index (χ1) is 31.3. The number of rotatable bonds is 11. The van der Waals surface area contributed by atoms with Crippen LogP contribution in [-0.4, -0.2) is 0 Å². The molecule has 0 amide bonds. The zero-order valence-electron chi connectivity index (χ0n) is 34.3. The first-order valence-corrected chi connectivity index (χ1v) is 22.8. The highest BCUT2D eigenvalue weighted by atomic mass is 32.1. The molecule has 0 aliphatic carbocycles. The third-order valence-electron chi connectivity index (χ3n) is 11.4. The molecule has 9 aromatic carbocycles. The second kappa shape index (κ2) is 17.0. The molecular formula is C58H41N3S2. The lowest BCUT2D eigenvalue weighted by molar-refractivity contribution is 1.28. The van der Waals surface area contributed by atoms with Crippen LogP contribution < -0.4 is 14.7 Å². The Bertz CT molecular complexity index is 2970. The zero-order valence-corrected chi connectivity index (χ0v) is 36.0. The fourth-order valence-electron chi connectivity index (χ4n) is 8.57. The maximum atomic E-state index is 2.53. The quantitative estimate of drug-likeness (QED) is 0.128. The second-order valence-corrected chi connectivity index (χ2v) is 17.4. The van der Waals surface area contributed by atoms with Crippen molar-refractivity contribution in [1.82, 2.24) is 0 Å². The molecule has 11 rings (SSSR count). The molecule has 0 spiro atoms. The number of thiophene rings is 2. The molecule has 2 heterocycles. The topological polar surface area (TPSA) is 9.72 Å². The smallest absolute Gasteiger partial charge is 0.0727 e. The normalized spacial score (nSPS) is 11.2. The van der Waals surface area contributed by atoms with E-state index in [1.54, 1.807) is 0 Å². The van der Waals surface area contributed by atoms with Crippen LogP contribution >= 0.6 is 22.7 Å². The molecule has 5 heteroatoms. The standard InChI is InChI=1S/C58H41N3S2/c1-6-20-44(21-7-1)59(45-22-8-2-9-23-45)49-38-34-42(35-39-49)57-55(51-30-16-18-32-53(51)62-57)61(48-28-14-5-15-29-48)56-52-31-17-19-33-54(52)63-58(56)43-36-40-50(41-37-43)60(46-24-10-3-11-25-46)47-26-12-4-13-27-47/h1-41H. The largest absolute Gasteiger partial charge is 0.311 e. The summed E-state index contributed by atoms with van der Waals surface area (Å²) in [5.74, 6) is 0. The molecule has 0 aliphatic heterocycles. The number of para-hydroxylation sites is 5. The van der Waals surface area contributed by atoms with Crippen molar-refractivity contribution in [2.24, 2.45) is 0 Å². The van der Waals surface area contributed by atoms with Gasteiger partial charge in [-0.3, -0.25) is 0 Å². The van der Waals surface area contributed by atoms with Crippen molar-refractivity contribution in [3.63, 3.8) is 0 Å². The van der Waals surface area contributed by atoms with Gasteiger partial charge in [0.15, 0.2) is 0 Å². The lowest BCUT2D eigenvalue weighted by Crippen LogP contribution is -2.11. The van der Waals surface area contributed by atoms with E-state index in [2.05, 4.69) is 263 Å². The van der Waals surface area contributed by atoms with Gasteiger partial charge in [0.05, 0.1) is 21.1 Å². The number of fused-ring (bicyclic) bond motifs is 2. The number of hydrogen-bond donors (Lipinski definition) is 0. The maximum absolute atomic E-state index is 2.53. The summed E-state index contributed by atoms with van der Waals surface area (Å²) in [5, 5.41) is 2.44. The molecule has 0 bridgehead atoms. The van der Waals surface area contributed by atoms with Crippen molar-refractivity contribution in [2.75, 3.05) is 14.7 Å². The Morgan fingerprint density at radius 3 is 0.794 bits per heavy atom. The highest BCUT2D eigenvalue weighted by Crippen LogP contribution is 2.56. The van der Waals surface area contributed by atoms with E-state index in [4.69, 9.17) is 0 Å². The molecule has 0 N–H and O–H groups in total. The van der Waals surface area contributed by atoms with Crippen molar-refractivity contribution in [3.8, 4) is 20.9 Å². The van der Waals surface area contributed by atoms with Gasteiger partial charge < -0.3 is 14.7 Å². The molecule has 0 saturated heterocycles. The highest BCUT2D eigenvalue weighted by molar-refractivity contribution is 7.23. The van der Waals surface area contributed by atoms with Gasteiger partial charge in [-0.15, -0.1) is 22.7 Å². The molecule has 0 unspecified atom stereocenters. The monoisotopic (exact) mass is 843 g/mol. The average Bonchev–Trinajstić information content (AvgIpc) is 3.94. The Labute approximate surface area is 376 Å². The van der Waals surface area contributed by atoms with E-state index in [0.717, 1.165) is 39.8 Å². The minimum Gasteiger partial charge on any atom is -0.311 e. The molecular weight excluding hydrogens is 803 g/mol. The second-order valence-electron chi connectivity index (χ2n) is 15.3. The fraction of sp³-hybridized carbons (Fsp3) is 0. The first-order valence-electron chi connectivity index (χ1n) is 21.2. The van der Waals surface area contributed by atoms with Crippen LogP contribution in [0.25, 0.3) is 41.1 Å². The summed E-state index contributed by atoms with van der Waals surface area (Å²) in [5.41, 5.74) is 12.5. The van der Waals surface area contributed by atoms with Gasteiger partial charge in [0.25, 0.3) is 0 Å². The van der Waals surface area contributed by atoms with Crippen LogP contribution in [0.4, 0.5) is 51.2 Å². The average molecular weight is 844 g/mol. The number of nitrogens with zero attached hydrogens (tertiary/aromatic N) is 3. The minimum absolute atomic E-state index is 1.10. The van der Waals surface area contributed by atoms with Crippen LogP contribution in [0.5, 0.6) is 0 Å². The van der Waals surface area contributed by atoms with Crippen LogP contribution in [0.15, 0.2) is 249 Å². The van der Waals surface area contributed by atoms with E-state index in [0.29, 0.717) is 0 Å². The van der Waals surface area contributed by atoms with Crippen molar-refractivity contribution in [2.45, 2.75) is 0 Å². The van der Waals surface area contributed by atoms with Gasteiger partial charge in [-0.25, -0.2) is 0 Å². The molecule has 2 aromatic heterocycles. The molecule has 0 radical (unpaired) electrons. The van der Waals surface area contributed by atoms with Gasteiger partial charge in [-0.2, -0.15) is 0 Å². The van der Waals surface area contributed by atoms with Gasteiger partial charge in [0.1, 0.15) is 0 Å². The number of anilines is 9. The van der Waals surface area contributed by atoms with E-state index in [1.165, 1.54) is 52.4 Å². The Morgan fingerprint density at radius 2 is 0.476 bits per heavy atom. The Kier molecular flexibility index (Phi) is 10.3. The van der Waals surface area contributed by atoms with Crippen molar-refractivity contribution in [3.05, 3.63) is 249 Å². The Morgan fingerprint density at radius 1 is 0.222 bits per heavy atom. The van der Waals surface area contributed by atoms with Crippen molar-refractivity contribution < 1.29 is 0 Å². The Balaban J connectivity index is 1.08. The molecule has 0 fully saturated rings. The fourth-order valence-corrected chi connectivity index (χ4v) is 11.0. The zero-order chi connectivity index (χ0) is 42.0. The molecule has 11 aromatic rings. The summed E-state index contributed by atoms with van der Waals surface area (Å²) in [6.07, 6.45) is 0. The molecule has 3 nitrogen and oxygen atoms in total. The summed E-state index contributed by atoms with van der Waals surface area (Å²) in [4.78, 5) is 9.61. The SMILES string of the molecule is c1ccc(N(c2ccccc2)c2ccc(-c3sc4ccccc4c3N(c3ccccc3)c3c(-c4ccc(N(c5ccccc5)c5ccccc5)cc4)sc4ccccc34)cc2)cc1. The predicted molar refractivity (Wildman–Crippen MR) is 272 cm³/mol. The summed E-state index contributed by atoms with van der Waals surface area (Å²) in [6, 6.07) is 89.3. The number of benzene rings is 9. The predicted octanol–water partition coefficient (Wildman–Crippen LogP) is 17.9. The van der Waals surface area contributed by atoms with Crippen LogP contribution in [0.3, 0.4) is 0 Å². The Hall–Kier alpha value is -7.70. The summed E-state index contributed by atoms with van der Waals surface area (Å²) in [7, 11) is 0. The van der Waals surface area contributed by atoms with Crippen molar-refractivity contribution >= 4 is 94.0 Å². The number of hydrogen-bond acceptors (Lipinski definition) is 5. The third kappa shape index (κ3) is 7.33. The molecule has 63 heavy (non-hydrogen) atoms. The lowest BCUT2D eigenvalue weighted by Gasteiger charge is -2.28. The summed E-state index contributed by atoms with van der Waals surface area (Å²) in [6.45, 7) is 0. The van der Waals surface area contributed by atoms with E-state index >= 15 is 0 Å². The summed E-state index contributed by atoms with van der Waals surface area (Å²) >= 11 is 3.71. The van der Waals surface area contributed by atoms with Crippen LogP contribution in [0, 0.1) is 0 Å². The van der Waals surface area contributed by atoms with E-state index in [9.17, 15) is 0 Å². The van der Waals surface area contributed by atoms with E-state index in [1.807, 2.05) is 22.7 Å². The van der Waals surface area contributed by atoms with Crippen molar-refractivity contribution in [1.29, 1.82) is 0 Å². The van der Waals surface area contributed by atoms with Crippen LogP contribution in [-0.2, 0) is 0 Å². The maximum Gasteiger partial charge on any atom is 0.0727 e. The van der Waals surface area contributed by atoms with E-state index in [-0.39, 0.29) is 0 Å². The van der Waals surface area contributed by atoms with Gasteiger partial charge in [0, 0.05) is 60.0 Å². The van der Waals surface area contributed by atoms with E-state index < -0.39 is 0 Å². The highest BCUT2D eigenvalue weighted by Gasteiger charge is 2.28. The lowest BCUT2D eigenvalue weighted by atomic mass is 10.0. The van der Waals surface area contributed by atoms with Crippen LogP contribution in [0.2, 0.25) is 0 Å². The molecule has 0 atom stereocenters. The van der Waals surface area contributed by atoms with Gasteiger partial charge in [-0.1, -0.05) is 152 Å². The minimum atomic E-state index is 1.10. The van der Waals surface area contributed by atoms with Gasteiger partial charge in [0.2, 0.25) is 0 Å². The molecule has 0 aliphatic rings. The van der Waals surface area contributed by atoms with Crippen LogP contribution in [0.1, 0.15) is 0 Å². The van der Waals surface area contributed by atoms with Gasteiger partial charge in [-0.05, 0) is 108 Å². The first kappa shape index (κ1) is 38.2. The van der Waals surface area contributed by atoms with Gasteiger partial charge >= 0.3 is 0 Å².